The Hall–Kier alpha value is -0.820. The molecule has 0 aliphatic heterocycles. The first-order valence-electron chi connectivity index (χ1n) is 6.32. The first-order valence-corrected chi connectivity index (χ1v) is 6.32. The minimum Gasteiger partial charge on any atom is -0.392 e. The Balaban J connectivity index is 3.53. The molecule has 0 aliphatic rings. The van der Waals surface area contributed by atoms with Crippen molar-refractivity contribution in [2.24, 2.45) is 0 Å². The van der Waals surface area contributed by atoms with Gasteiger partial charge in [-0.15, -0.1) is 0 Å². The van der Waals surface area contributed by atoms with Crippen LogP contribution in [0.25, 0.3) is 0 Å². The number of aliphatic hydroxyl groups is 1. The van der Waals surface area contributed by atoms with Gasteiger partial charge in [0.2, 0.25) is 0 Å². The van der Waals surface area contributed by atoms with E-state index in [9.17, 15) is 5.11 Å². The molecule has 0 radical (unpaired) electrons. The van der Waals surface area contributed by atoms with Crippen LogP contribution in [-0.2, 0) is 17.4 Å². The van der Waals surface area contributed by atoms with Gasteiger partial charge < -0.3 is 5.11 Å². The lowest BCUT2D eigenvalue weighted by molar-refractivity contribution is 0.281. The van der Waals surface area contributed by atoms with E-state index in [1.54, 1.807) is 0 Å². The zero-order chi connectivity index (χ0) is 13.4. The molecule has 96 valence electrons. The van der Waals surface area contributed by atoms with E-state index in [4.69, 9.17) is 0 Å². The molecule has 1 heteroatoms. The molecule has 1 nitrogen and oxygen atoms in total. The summed E-state index contributed by atoms with van der Waals surface area (Å²) in [4.78, 5) is 0. The van der Waals surface area contributed by atoms with Crippen LogP contribution in [0, 0.1) is 6.92 Å². The van der Waals surface area contributed by atoms with Gasteiger partial charge in [0, 0.05) is 0 Å². The van der Waals surface area contributed by atoms with Gasteiger partial charge in [-0.05, 0) is 40.0 Å². The lowest BCUT2D eigenvalue weighted by Crippen LogP contribution is -2.20. The zero-order valence-corrected chi connectivity index (χ0v) is 12.3. The first-order chi connectivity index (χ1) is 7.57. The van der Waals surface area contributed by atoms with Crippen molar-refractivity contribution in [1.82, 2.24) is 0 Å². The van der Waals surface area contributed by atoms with E-state index in [0.29, 0.717) is 0 Å². The molecule has 0 aromatic heterocycles. The summed E-state index contributed by atoms with van der Waals surface area (Å²) in [6.45, 7) is 15.7. The monoisotopic (exact) mass is 234 g/mol. The Morgan fingerprint density at radius 3 is 1.47 bits per heavy atom. The highest BCUT2D eigenvalue weighted by molar-refractivity contribution is 5.44. The summed E-state index contributed by atoms with van der Waals surface area (Å²) in [5.74, 6) is 0. The second kappa shape index (κ2) is 4.45. The summed E-state index contributed by atoms with van der Waals surface area (Å²) >= 11 is 0. The van der Waals surface area contributed by atoms with Crippen molar-refractivity contribution in [3.8, 4) is 0 Å². The molecule has 1 rings (SSSR count). The van der Waals surface area contributed by atoms with Gasteiger partial charge in [-0.1, -0.05) is 53.7 Å². The molecular weight excluding hydrogens is 208 g/mol. The molecule has 0 fully saturated rings. The molecule has 0 atom stereocenters. The van der Waals surface area contributed by atoms with Crippen LogP contribution in [0.4, 0.5) is 0 Å². The number of rotatable bonds is 1. The summed E-state index contributed by atoms with van der Waals surface area (Å²) in [5.41, 5.74) is 5.31. The minimum absolute atomic E-state index is 0.117. The molecule has 0 saturated heterocycles. The Morgan fingerprint density at radius 1 is 0.882 bits per heavy atom. The predicted molar refractivity (Wildman–Crippen MR) is 74.5 cm³/mol. The molecule has 17 heavy (non-hydrogen) atoms. The molecule has 0 heterocycles. The maximum Gasteiger partial charge on any atom is 0.0682 e. The van der Waals surface area contributed by atoms with E-state index >= 15 is 0 Å². The van der Waals surface area contributed by atoms with Gasteiger partial charge in [-0.2, -0.15) is 0 Å². The molecule has 0 unspecified atom stereocenters. The fourth-order valence-electron chi connectivity index (χ4n) is 2.42. The molecule has 0 aliphatic carbocycles. The third-order valence-electron chi connectivity index (χ3n) is 3.27. The quantitative estimate of drug-likeness (QED) is 0.776. The second-order valence-corrected chi connectivity index (χ2v) is 6.97. The van der Waals surface area contributed by atoms with Crippen LogP contribution in [0.3, 0.4) is 0 Å². The molecule has 1 aromatic rings. The van der Waals surface area contributed by atoms with Gasteiger partial charge in [0.25, 0.3) is 0 Å². The van der Waals surface area contributed by atoms with Crippen molar-refractivity contribution in [3.05, 3.63) is 34.4 Å². The van der Waals surface area contributed by atoms with Crippen LogP contribution in [0.2, 0.25) is 0 Å². The van der Waals surface area contributed by atoms with Crippen LogP contribution in [-0.4, -0.2) is 5.11 Å². The van der Waals surface area contributed by atoms with Crippen molar-refractivity contribution >= 4 is 0 Å². The standard InChI is InChI=1S/C16H26O/c1-11-13(15(2,3)4)8-12(10-17)9-14(11)16(5,6)7/h8-9,17H,10H2,1-7H3. The van der Waals surface area contributed by atoms with E-state index in [2.05, 4.69) is 60.6 Å². The van der Waals surface area contributed by atoms with Crippen LogP contribution in [0.15, 0.2) is 12.1 Å². The summed E-state index contributed by atoms with van der Waals surface area (Å²) in [7, 11) is 0. The normalized spacial score (nSPS) is 12.9. The molecule has 1 N–H and O–H groups in total. The van der Waals surface area contributed by atoms with Crippen molar-refractivity contribution in [1.29, 1.82) is 0 Å². The summed E-state index contributed by atoms with van der Waals surface area (Å²) in [5, 5.41) is 9.41. The van der Waals surface area contributed by atoms with Gasteiger partial charge in [-0.25, -0.2) is 0 Å². The Labute approximate surface area is 106 Å². The summed E-state index contributed by atoms with van der Waals surface area (Å²) in [6.07, 6.45) is 0. The van der Waals surface area contributed by atoms with Gasteiger partial charge >= 0.3 is 0 Å². The molecule has 0 amide bonds. The van der Waals surface area contributed by atoms with Crippen LogP contribution >= 0.6 is 0 Å². The first kappa shape index (κ1) is 14.2. The smallest absolute Gasteiger partial charge is 0.0682 e. The predicted octanol–water partition coefficient (Wildman–Crippen LogP) is 4.08. The molecule has 1 aromatic carbocycles. The van der Waals surface area contributed by atoms with Gasteiger partial charge in [0.15, 0.2) is 0 Å². The number of hydrogen-bond acceptors (Lipinski definition) is 1. The van der Waals surface area contributed by atoms with Crippen LogP contribution < -0.4 is 0 Å². The van der Waals surface area contributed by atoms with E-state index < -0.39 is 0 Å². The van der Waals surface area contributed by atoms with E-state index in [-0.39, 0.29) is 17.4 Å². The number of benzene rings is 1. The molecule has 0 spiro atoms. The number of aliphatic hydroxyl groups excluding tert-OH is 1. The lowest BCUT2D eigenvalue weighted by atomic mass is 9.76. The third kappa shape index (κ3) is 3.10. The summed E-state index contributed by atoms with van der Waals surface area (Å²) in [6, 6.07) is 4.29. The zero-order valence-electron chi connectivity index (χ0n) is 12.3. The summed E-state index contributed by atoms with van der Waals surface area (Å²) < 4.78 is 0. The maximum absolute atomic E-state index is 9.41. The average molecular weight is 234 g/mol. The second-order valence-electron chi connectivity index (χ2n) is 6.97. The fourth-order valence-corrected chi connectivity index (χ4v) is 2.42. The highest BCUT2D eigenvalue weighted by Gasteiger charge is 2.24. The van der Waals surface area contributed by atoms with Gasteiger partial charge in [-0.3, -0.25) is 0 Å². The fraction of sp³-hybridized carbons (Fsp3) is 0.625. The van der Waals surface area contributed by atoms with Crippen molar-refractivity contribution in [2.45, 2.75) is 65.9 Å². The SMILES string of the molecule is Cc1c(C(C)(C)C)cc(CO)cc1C(C)(C)C. The maximum atomic E-state index is 9.41. The third-order valence-corrected chi connectivity index (χ3v) is 3.27. The molecule has 0 bridgehead atoms. The van der Waals surface area contributed by atoms with Crippen LogP contribution in [0.1, 0.15) is 63.8 Å². The average Bonchev–Trinajstić information content (AvgIpc) is 2.14. The largest absolute Gasteiger partial charge is 0.392 e. The van der Waals surface area contributed by atoms with E-state index in [1.807, 2.05) is 0 Å². The Kier molecular flexibility index (Phi) is 3.73. The van der Waals surface area contributed by atoms with Crippen molar-refractivity contribution < 1.29 is 5.11 Å². The van der Waals surface area contributed by atoms with Crippen molar-refractivity contribution in [2.75, 3.05) is 0 Å². The minimum atomic E-state index is 0.117. The topological polar surface area (TPSA) is 20.2 Å². The Morgan fingerprint density at radius 2 is 1.24 bits per heavy atom. The lowest BCUT2D eigenvalue weighted by Gasteiger charge is -2.29. The number of hydrogen-bond donors (Lipinski definition) is 1. The van der Waals surface area contributed by atoms with E-state index in [1.165, 1.54) is 16.7 Å². The van der Waals surface area contributed by atoms with E-state index in [0.717, 1.165) is 5.56 Å². The highest BCUT2D eigenvalue weighted by Crippen LogP contribution is 2.34. The molecular formula is C16H26O. The van der Waals surface area contributed by atoms with Gasteiger partial charge in [0.05, 0.1) is 6.61 Å². The molecule has 0 saturated carbocycles. The van der Waals surface area contributed by atoms with Crippen molar-refractivity contribution in [3.63, 3.8) is 0 Å². The Bertz CT molecular complexity index is 368. The van der Waals surface area contributed by atoms with Crippen LogP contribution in [0.5, 0.6) is 0 Å². The highest BCUT2D eigenvalue weighted by atomic mass is 16.3. The van der Waals surface area contributed by atoms with Gasteiger partial charge in [0.1, 0.15) is 0 Å².